The molecule has 6 nitrogen and oxygen atoms in total. The summed E-state index contributed by atoms with van der Waals surface area (Å²) in [7, 11) is 1.56. The van der Waals surface area contributed by atoms with Gasteiger partial charge in [0, 0.05) is 5.56 Å². The Bertz CT molecular complexity index is 699. The van der Waals surface area contributed by atoms with Gasteiger partial charge < -0.3 is 9.84 Å². The topological polar surface area (TPSA) is 88.1 Å². The summed E-state index contributed by atoms with van der Waals surface area (Å²) in [5.74, 6) is 0.681. The molecule has 1 N–H and O–H groups in total. The fourth-order valence-electron chi connectivity index (χ4n) is 1.82. The Kier molecular flexibility index (Phi) is 4.13. The predicted molar refractivity (Wildman–Crippen MR) is 72.3 cm³/mol. The summed E-state index contributed by atoms with van der Waals surface area (Å²) in [4.78, 5) is 16.2. The molecule has 0 aliphatic heterocycles. The molecule has 20 heavy (non-hydrogen) atoms. The van der Waals surface area contributed by atoms with Crippen LogP contribution in [0.5, 0.6) is 5.75 Å². The van der Waals surface area contributed by atoms with Gasteiger partial charge in [-0.25, -0.2) is 4.98 Å². The fourth-order valence-corrected chi connectivity index (χ4v) is 1.82. The summed E-state index contributed by atoms with van der Waals surface area (Å²) < 4.78 is 6.27. The van der Waals surface area contributed by atoms with Gasteiger partial charge in [0.15, 0.2) is 0 Å². The lowest BCUT2D eigenvalue weighted by molar-refractivity contribution is 0.273. The molecule has 0 fully saturated rings. The molecule has 0 bridgehead atoms. The molecule has 0 saturated heterocycles. The van der Waals surface area contributed by atoms with Gasteiger partial charge in [-0.1, -0.05) is 0 Å². The summed E-state index contributed by atoms with van der Waals surface area (Å²) in [6.45, 7) is -0.0717. The summed E-state index contributed by atoms with van der Waals surface area (Å²) >= 11 is 0. The quantitative estimate of drug-likeness (QED) is 0.887. The molecule has 0 spiro atoms. The van der Waals surface area contributed by atoms with Gasteiger partial charge >= 0.3 is 0 Å². The second-order valence-corrected chi connectivity index (χ2v) is 4.03. The maximum absolute atomic E-state index is 12.1. The third kappa shape index (κ3) is 2.53. The molecular formula is C14H13N3O3. The summed E-state index contributed by atoms with van der Waals surface area (Å²) in [5.41, 5.74) is 0.499. The molecule has 0 radical (unpaired) electrons. The SMILES string of the molecule is COc1ccc(-c2ncn(CCO)c(=O)c2C#N)cc1. The third-order valence-electron chi connectivity index (χ3n) is 2.85. The first kappa shape index (κ1) is 13.8. The minimum atomic E-state index is -0.456. The van der Waals surface area contributed by atoms with Gasteiger partial charge in [0.1, 0.15) is 17.4 Å². The standard InChI is InChI=1S/C14H13N3O3/c1-20-11-4-2-10(3-5-11)13-12(8-15)14(19)17(6-7-18)9-16-13/h2-5,9,18H,6-7H2,1H3. The van der Waals surface area contributed by atoms with Crippen molar-refractivity contribution >= 4 is 0 Å². The molecule has 102 valence electrons. The highest BCUT2D eigenvalue weighted by atomic mass is 16.5. The van der Waals surface area contributed by atoms with Crippen LogP contribution in [0.15, 0.2) is 35.4 Å². The zero-order chi connectivity index (χ0) is 14.5. The minimum absolute atomic E-state index is 0.0360. The van der Waals surface area contributed by atoms with Gasteiger partial charge in [-0.05, 0) is 24.3 Å². The number of aliphatic hydroxyl groups is 1. The van der Waals surface area contributed by atoms with Crippen molar-refractivity contribution in [2.45, 2.75) is 6.54 Å². The van der Waals surface area contributed by atoms with Gasteiger partial charge in [0.2, 0.25) is 0 Å². The van der Waals surface area contributed by atoms with Crippen molar-refractivity contribution in [3.63, 3.8) is 0 Å². The van der Waals surface area contributed by atoms with Crippen molar-refractivity contribution in [1.29, 1.82) is 5.26 Å². The zero-order valence-corrected chi connectivity index (χ0v) is 10.9. The van der Waals surface area contributed by atoms with Crippen LogP contribution in [0.4, 0.5) is 0 Å². The molecule has 0 amide bonds. The molecule has 1 heterocycles. The number of nitrogens with zero attached hydrogens (tertiary/aromatic N) is 3. The van der Waals surface area contributed by atoms with Crippen LogP contribution >= 0.6 is 0 Å². The van der Waals surface area contributed by atoms with Crippen molar-refractivity contribution in [2.75, 3.05) is 13.7 Å². The fraction of sp³-hybridized carbons (Fsp3) is 0.214. The zero-order valence-electron chi connectivity index (χ0n) is 10.9. The van der Waals surface area contributed by atoms with Crippen LogP contribution in [-0.4, -0.2) is 28.4 Å². The van der Waals surface area contributed by atoms with E-state index < -0.39 is 5.56 Å². The Balaban J connectivity index is 2.54. The lowest BCUT2D eigenvalue weighted by atomic mass is 10.1. The van der Waals surface area contributed by atoms with Gasteiger partial charge in [-0.3, -0.25) is 9.36 Å². The van der Waals surface area contributed by atoms with E-state index in [0.29, 0.717) is 17.0 Å². The molecule has 0 unspecified atom stereocenters. The molecule has 0 atom stereocenters. The Morgan fingerprint density at radius 1 is 1.40 bits per heavy atom. The van der Waals surface area contributed by atoms with Gasteiger partial charge in [-0.15, -0.1) is 0 Å². The molecule has 0 aliphatic carbocycles. The van der Waals surface area contributed by atoms with Crippen LogP contribution in [-0.2, 0) is 6.54 Å². The Hall–Kier alpha value is -2.65. The van der Waals surface area contributed by atoms with E-state index in [1.807, 2.05) is 6.07 Å². The van der Waals surface area contributed by atoms with Crippen LogP contribution in [0.3, 0.4) is 0 Å². The average Bonchev–Trinajstić information content (AvgIpc) is 2.49. The maximum atomic E-state index is 12.1. The van der Waals surface area contributed by atoms with E-state index in [2.05, 4.69) is 4.98 Å². The van der Waals surface area contributed by atoms with Crippen LogP contribution < -0.4 is 10.3 Å². The van der Waals surface area contributed by atoms with Crippen molar-refractivity contribution in [1.82, 2.24) is 9.55 Å². The second-order valence-electron chi connectivity index (χ2n) is 4.03. The smallest absolute Gasteiger partial charge is 0.271 e. The number of aromatic nitrogens is 2. The van der Waals surface area contributed by atoms with E-state index >= 15 is 0 Å². The van der Waals surface area contributed by atoms with Crippen LogP contribution in [0, 0.1) is 11.3 Å². The third-order valence-corrected chi connectivity index (χ3v) is 2.85. The van der Waals surface area contributed by atoms with E-state index in [1.54, 1.807) is 31.4 Å². The summed E-state index contributed by atoms with van der Waals surface area (Å²) in [5, 5.41) is 18.0. The highest BCUT2D eigenvalue weighted by Gasteiger charge is 2.13. The van der Waals surface area contributed by atoms with E-state index in [-0.39, 0.29) is 18.7 Å². The van der Waals surface area contributed by atoms with Crippen molar-refractivity contribution in [2.24, 2.45) is 0 Å². The van der Waals surface area contributed by atoms with Crippen molar-refractivity contribution in [3.05, 3.63) is 46.5 Å². The molecular weight excluding hydrogens is 258 g/mol. The van der Waals surface area contributed by atoms with Gasteiger partial charge in [0.05, 0.1) is 32.3 Å². The number of ether oxygens (including phenoxy) is 1. The highest BCUT2D eigenvalue weighted by Crippen LogP contribution is 2.21. The second kappa shape index (κ2) is 5.99. The number of hydrogen-bond acceptors (Lipinski definition) is 5. The molecule has 0 aliphatic rings. The Morgan fingerprint density at radius 2 is 2.10 bits per heavy atom. The number of hydrogen-bond donors (Lipinski definition) is 1. The minimum Gasteiger partial charge on any atom is -0.497 e. The predicted octanol–water partition coefficient (Wildman–Crippen LogP) is 0.783. The normalized spacial score (nSPS) is 10.1. The molecule has 6 heteroatoms. The molecule has 1 aromatic heterocycles. The molecule has 1 aromatic carbocycles. The molecule has 2 aromatic rings. The number of aliphatic hydroxyl groups excluding tert-OH is 1. The van der Waals surface area contributed by atoms with Crippen molar-refractivity contribution in [3.8, 4) is 23.1 Å². The van der Waals surface area contributed by atoms with E-state index in [9.17, 15) is 4.79 Å². The first-order valence-electron chi connectivity index (χ1n) is 5.96. The number of benzene rings is 1. The lowest BCUT2D eigenvalue weighted by Crippen LogP contribution is -2.25. The van der Waals surface area contributed by atoms with Crippen LogP contribution in [0.25, 0.3) is 11.3 Å². The van der Waals surface area contributed by atoms with E-state index in [4.69, 9.17) is 15.1 Å². The van der Waals surface area contributed by atoms with Crippen LogP contribution in [0.2, 0.25) is 0 Å². The van der Waals surface area contributed by atoms with Crippen molar-refractivity contribution < 1.29 is 9.84 Å². The van der Waals surface area contributed by atoms with E-state index in [0.717, 1.165) is 0 Å². The highest BCUT2D eigenvalue weighted by molar-refractivity contribution is 5.66. The largest absolute Gasteiger partial charge is 0.497 e. The van der Waals surface area contributed by atoms with E-state index in [1.165, 1.54) is 10.9 Å². The number of nitriles is 1. The molecule has 0 saturated carbocycles. The lowest BCUT2D eigenvalue weighted by Gasteiger charge is -2.08. The van der Waals surface area contributed by atoms with Gasteiger partial charge in [0.25, 0.3) is 5.56 Å². The maximum Gasteiger partial charge on any atom is 0.271 e. The summed E-state index contributed by atoms with van der Waals surface area (Å²) in [6.07, 6.45) is 1.33. The summed E-state index contributed by atoms with van der Waals surface area (Å²) in [6, 6.07) is 8.82. The Labute approximate surface area is 115 Å². The first-order chi connectivity index (χ1) is 9.71. The average molecular weight is 271 g/mol. The number of methoxy groups -OCH3 is 1. The van der Waals surface area contributed by atoms with Crippen LogP contribution in [0.1, 0.15) is 5.56 Å². The number of rotatable bonds is 4. The monoisotopic (exact) mass is 271 g/mol. The van der Waals surface area contributed by atoms with Gasteiger partial charge in [-0.2, -0.15) is 5.26 Å². The first-order valence-corrected chi connectivity index (χ1v) is 5.96. The Morgan fingerprint density at radius 3 is 2.65 bits per heavy atom. The molecule has 2 rings (SSSR count).